The van der Waals surface area contributed by atoms with Crippen LogP contribution in [0.2, 0.25) is 0 Å². The van der Waals surface area contributed by atoms with Gasteiger partial charge in [0.15, 0.2) is 0 Å². The van der Waals surface area contributed by atoms with Crippen LogP contribution in [0, 0.1) is 13.8 Å². The summed E-state index contributed by atoms with van der Waals surface area (Å²) in [5.41, 5.74) is 4.87. The van der Waals surface area contributed by atoms with Gasteiger partial charge in [0.2, 0.25) is 0 Å². The van der Waals surface area contributed by atoms with Gasteiger partial charge in [0.25, 0.3) is 5.91 Å². The molecule has 0 aliphatic rings. The number of para-hydroxylation sites is 1. The number of aromatic nitrogens is 2. The van der Waals surface area contributed by atoms with Crippen molar-refractivity contribution < 1.29 is 4.79 Å². The molecular weight excluding hydrogens is 286 g/mol. The molecule has 3 rings (SSSR count). The fourth-order valence-electron chi connectivity index (χ4n) is 2.90. The highest BCUT2D eigenvalue weighted by atomic mass is 16.1. The van der Waals surface area contributed by atoms with Crippen LogP contribution in [0.5, 0.6) is 0 Å². The molecule has 1 amide bonds. The third kappa shape index (κ3) is 2.97. The molecule has 0 saturated heterocycles. The van der Waals surface area contributed by atoms with E-state index in [1.165, 1.54) is 0 Å². The van der Waals surface area contributed by atoms with Crippen LogP contribution in [0.15, 0.2) is 42.5 Å². The maximum Gasteiger partial charge on any atom is 0.251 e. The molecule has 0 aliphatic heterocycles. The van der Waals surface area contributed by atoms with Crippen molar-refractivity contribution in [3.05, 3.63) is 64.8 Å². The molecule has 1 N–H and O–H groups in total. The molecule has 0 unspecified atom stereocenters. The maximum absolute atomic E-state index is 12.4. The highest BCUT2D eigenvalue weighted by molar-refractivity contribution is 5.95. The zero-order valence-corrected chi connectivity index (χ0v) is 13.8. The number of benzene rings is 2. The van der Waals surface area contributed by atoms with Crippen molar-refractivity contribution in [1.29, 1.82) is 0 Å². The summed E-state index contributed by atoms with van der Waals surface area (Å²) in [5.74, 6) is -0.0578. The Hall–Kier alpha value is -2.62. The van der Waals surface area contributed by atoms with E-state index < -0.39 is 0 Å². The van der Waals surface area contributed by atoms with E-state index in [9.17, 15) is 4.79 Å². The molecule has 0 radical (unpaired) electrons. The fraction of sp³-hybridized carbons (Fsp3) is 0.263. The first-order valence-electron chi connectivity index (χ1n) is 7.90. The van der Waals surface area contributed by atoms with Gasteiger partial charge in [-0.15, -0.1) is 0 Å². The lowest BCUT2D eigenvalue weighted by Gasteiger charge is -2.07. The number of nitrogens with one attached hydrogen (secondary N) is 1. The van der Waals surface area contributed by atoms with Crippen molar-refractivity contribution in [2.75, 3.05) is 0 Å². The SMILES string of the molecule is CCn1nc(CNC(=O)c2ccc(C)cc2C)c2ccccc21. The minimum Gasteiger partial charge on any atom is -0.346 e. The second-order valence-corrected chi connectivity index (χ2v) is 5.78. The number of carbonyl (C=O) groups excluding carboxylic acids is 1. The predicted octanol–water partition coefficient (Wildman–Crippen LogP) is 3.60. The molecule has 0 saturated carbocycles. The molecule has 0 fully saturated rings. The second kappa shape index (κ2) is 6.24. The molecule has 2 aromatic carbocycles. The number of aryl methyl sites for hydroxylation is 3. The third-order valence-corrected chi connectivity index (χ3v) is 4.08. The van der Waals surface area contributed by atoms with Gasteiger partial charge in [0.05, 0.1) is 17.8 Å². The van der Waals surface area contributed by atoms with Gasteiger partial charge in [0.1, 0.15) is 0 Å². The van der Waals surface area contributed by atoms with E-state index in [4.69, 9.17) is 0 Å². The van der Waals surface area contributed by atoms with Crippen LogP contribution >= 0.6 is 0 Å². The van der Waals surface area contributed by atoms with E-state index in [1.54, 1.807) is 0 Å². The Kier molecular flexibility index (Phi) is 4.15. The van der Waals surface area contributed by atoms with Gasteiger partial charge in [-0.1, -0.05) is 35.9 Å². The largest absolute Gasteiger partial charge is 0.346 e. The molecule has 1 heterocycles. The Morgan fingerprint density at radius 3 is 2.70 bits per heavy atom. The van der Waals surface area contributed by atoms with Gasteiger partial charge in [0, 0.05) is 17.5 Å². The van der Waals surface area contributed by atoms with Gasteiger partial charge < -0.3 is 5.32 Å². The molecule has 0 bridgehead atoms. The molecule has 0 aliphatic carbocycles. The first kappa shape index (κ1) is 15.3. The highest BCUT2D eigenvalue weighted by Crippen LogP contribution is 2.18. The Morgan fingerprint density at radius 2 is 1.96 bits per heavy atom. The highest BCUT2D eigenvalue weighted by Gasteiger charge is 2.12. The first-order valence-corrected chi connectivity index (χ1v) is 7.90. The van der Waals surface area contributed by atoms with Crippen molar-refractivity contribution in [3.63, 3.8) is 0 Å². The summed E-state index contributed by atoms with van der Waals surface area (Å²) in [6.45, 7) is 7.30. The smallest absolute Gasteiger partial charge is 0.251 e. The van der Waals surface area contributed by atoms with E-state index >= 15 is 0 Å². The number of carbonyl (C=O) groups is 1. The number of fused-ring (bicyclic) bond motifs is 1. The van der Waals surface area contributed by atoms with Gasteiger partial charge in [-0.25, -0.2) is 0 Å². The minimum absolute atomic E-state index is 0.0578. The number of amides is 1. The molecule has 4 heteroatoms. The molecule has 23 heavy (non-hydrogen) atoms. The van der Waals surface area contributed by atoms with Crippen molar-refractivity contribution in [1.82, 2.24) is 15.1 Å². The van der Waals surface area contributed by atoms with Crippen LogP contribution < -0.4 is 5.32 Å². The Labute approximate surface area is 136 Å². The van der Waals surface area contributed by atoms with Gasteiger partial charge in [-0.05, 0) is 38.5 Å². The topological polar surface area (TPSA) is 46.9 Å². The second-order valence-electron chi connectivity index (χ2n) is 5.78. The molecule has 0 atom stereocenters. The number of hydrogen-bond acceptors (Lipinski definition) is 2. The van der Waals surface area contributed by atoms with E-state index in [2.05, 4.69) is 23.4 Å². The molecule has 4 nitrogen and oxygen atoms in total. The quantitative estimate of drug-likeness (QED) is 0.800. The molecule has 3 aromatic rings. The average molecular weight is 307 g/mol. The summed E-state index contributed by atoms with van der Waals surface area (Å²) in [7, 11) is 0. The van der Waals surface area contributed by atoms with Crippen molar-refractivity contribution >= 4 is 16.8 Å². The van der Waals surface area contributed by atoms with Crippen LogP contribution in [0.4, 0.5) is 0 Å². The van der Waals surface area contributed by atoms with Crippen LogP contribution in [0.25, 0.3) is 10.9 Å². The van der Waals surface area contributed by atoms with E-state index in [0.29, 0.717) is 6.54 Å². The lowest BCUT2D eigenvalue weighted by Crippen LogP contribution is -2.24. The molecule has 1 aromatic heterocycles. The zero-order chi connectivity index (χ0) is 16.4. The van der Waals surface area contributed by atoms with Gasteiger partial charge >= 0.3 is 0 Å². The summed E-state index contributed by atoms with van der Waals surface area (Å²) < 4.78 is 1.97. The number of hydrogen-bond donors (Lipinski definition) is 1. The van der Waals surface area contributed by atoms with Gasteiger partial charge in [-0.2, -0.15) is 5.10 Å². The molecule has 118 valence electrons. The fourth-order valence-corrected chi connectivity index (χ4v) is 2.90. The summed E-state index contributed by atoms with van der Waals surface area (Å²) in [6.07, 6.45) is 0. The lowest BCUT2D eigenvalue weighted by atomic mass is 10.1. The summed E-state index contributed by atoms with van der Waals surface area (Å²) in [5, 5.41) is 8.70. The summed E-state index contributed by atoms with van der Waals surface area (Å²) in [6, 6.07) is 14.0. The van der Waals surface area contributed by atoms with Crippen LogP contribution in [-0.2, 0) is 13.1 Å². The minimum atomic E-state index is -0.0578. The monoisotopic (exact) mass is 307 g/mol. The van der Waals surface area contributed by atoms with Crippen LogP contribution in [0.3, 0.4) is 0 Å². The normalized spacial score (nSPS) is 10.9. The van der Waals surface area contributed by atoms with E-state index in [0.717, 1.165) is 39.8 Å². The first-order chi connectivity index (χ1) is 11.1. The summed E-state index contributed by atoms with van der Waals surface area (Å²) >= 11 is 0. The van der Waals surface area contributed by atoms with Crippen molar-refractivity contribution in [3.8, 4) is 0 Å². The molecule has 0 spiro atoms. The van der Waals surface area contributed by atoms with Crippen LogP contribution in [-0.4, -0.2) is 15.7 Å². The Balaban J connectivity index is 1.82. The third-order valence-electron chi connectivity index (χ3n) is 4.08. The molecular formula is C19H21N3O. The zero-order valence-electron chi connectivity index (χ0n) is 13.8. The van der Waals surface area contributed by atoms with E-state index in [1.807, 2.05) is 54.9 Å². The summed E-state index contributed by atoms with van der Waals surface area (Å²) in [4.78, 5) is 12.4. The standard InChI is InChI=1S/C19H21N3O/c1-4-22-18-8-6-5-7-16(18)17(21-22)12-20-19(23)15-10-9-13(2)11-14(15)3/h5-11H,4,12H2,1-3H3,(H,20,23). The van der Waals surface area contributed by atoms with Crippen molar-refractivity contribution in [2.24, 2.45) is 0 Å². The maximum atomic E-state index is 12.4. The Bertz CT molecular complexity index is 864. The average Bonchev–Trinajstić information content (AvgIpc) is 2.91. The Morgan fingerprint density at radius 1 is 1.17 bits per heavy atom. The van der Waals surface area contributed by atoms with Gasteiger partial charge in [-0.3, -0.25) is 9.48 Å². The van der Waals surface area contributed by atoms with Crippen molar-refractivity contribution in [2.45, 2.75) is 33.9 Å². The predicted molar refractivity (Wildman–Crippen MR) is 92.5 cm³/mol. The van der Waals surface area contributed by atoms with Crippen LogP contribution in [0.1, 0.15) is 34.1 Å². The number of nitrogens with zero attached hydrogens (tertiary/aromatic N) is 2. The number of rotatable bonds is 4. The van der Waals surface area contributed by atoms with E-state index in [-0.39, 0.29) is 5.91 Å². The lowest BCUT2D eigenvalue weighted by molar-refractivity contribution is 0.0950.